The number of rotatable bonds is 5. The average molecular weight is 420 g/mol. The molecule has 7 heteroatoms. The van der Waals surface area contributed by atoms with Crippen LogP contribution in [0, 0.1) is 6.92 Å². The van der Waals surface area contributed by atoms with Gasteiger partial charge in [-0.15, -0.1) is 0 Å². The maximum Gasteiger partial charge on any atom is 0.339 e. The summed E-state index contributed by atoms with van der Waals surface area (Å²) in [5.74, 6) is 0.0524. The van der Waals surface area contributed by atoms with Crippen molar-refractivity contribution in [2.24, 2.45) is 4.99 Å². The first kappa shape index (κ1) is 19.4. The van der Waals surface area contributed by atoms with E-state index in [1.165, 1.54) is 18.2 Å². The SMILES string of the molecule is Cc1c(Cl)cccc1N=Cc1ccc(OS(=O)(=O)c2ccccc2)c(Cl)c1. The van der Waals surface area contributed by atoms with Crippen molar-refractivity contribution >= 4 is 45.2 Å². The molecular formula is C20H15Cl2NO3S. The van der Waals surface area contributed by atoms with Crippen LogP contribution < -0.4 is 4.18 Å². The molecule has 0 amide bonds. The number of aliphatic imine (C=N–C) groups is 1. The van der Waals surface area contributed by atoms with E-state index >= 15 is 0 Å². The minimum atomic E-state index is -3.95. The summed E-state index contributed by atoms with van der Waals surface area (Å²) in [5, 5.41) is 0.804. The number of halogens is 2. The van der Waals surface area contributed by atoms with Crippen LogP contribution in [0.2, 0.25) is 10.0 Å². The molecule has 0 aromatic heterocycles. The highest BCUT2D eigenvalue weighted by molar-refractivity contribution is 7.87. The molecule has 4 nitrogen and oxygen atoms in total. The highest BCUT2D eigenvalue weighted by atomic mass is 35.5. The maximum absolute atomic E-state index is 12.3. The van der Waals surface area contributed by atoms with E-state index < -0.39 is 10.1 Å². The van der Waals surface area contributed by atoms with E-state index in [-0.39, 0.29) is 15.7 Å². The van der Waals surface area contributed by atoms with E-state index in [4.69, 9.17) is 27.4 Å². The molecule has 0 saturated heterocycles. The van der Waals surface area contributed by atoms with Crippen LogP contribution in [0.15, 0.2) is 76.6 Å². The van der Waals surface area contributed by atoms with Crippen LogP contribution in [0.5, 0.6) is 5.75 Å². The largest absolute Gasteiger partial charge is 0.377 e. The summed E-state index contributed by atoms with van der Waals surface area (Å²) in [5.41, 5.74) is 2.31. The molecule has 0 aliphatic heterocycles. The monoisotopic (exact) mass is 419 g/mol. The smallest absolute Gasteiger partial charge is 0.339 e. The van der Waals surface area contributed by atoms with Gasteiger partial charge in [-0.25, -0.2) is 0 Å². The van der Waals surface area contributed by atoms with Gasteiger partial charge >= 0.3 is 10.1 Å². The van der Waals surface area contributed by atoms with E-state index in [1.54, 1.807) is 42.6 Å². The third-order valence-corrected chi connectivity index (χ3v) is 5.73. The molecule has 138 valence electrons. The predicted molar refractivity (Wildman–Crippen MR) is 109 cm³/mol. The zero-order valence-electron chi connectivity index (χ0n) is 14.3. The fourth-order valence-corrected chi connectivity index (χ4v) is 3.71. The van der Waals surface area contributed by atoms with Gasteiger partial charge in [0, 0.05) is 11.2 Å². The number of nitrogens with zero attached hydrogens (tertiary/aromatic N) is 1. The second-order valence-corrected chi connectivity index (χ2v) is 8.04. The van der Waals surface area contributed by atoms with Crippen LogP contribution >= 0.6 is 23.2 Å². The Morgan fingerprint density at radius 1 is 0.926 bits per heavy atom. The van der Waals surface area contributed by atoms with Crippen LogP contribution in [0.4, 0.5) is 5.69 Å². The second kappa shape index (κ2) is 8.13. The Balaban J connectivity index is 1.82. The van der Waals surface area contributed by atoms with Crippen molar-refractivity contribution < 1.29 is 12.6 Å². The van der Waals surface area contributed by atoms with Gasteiger partial charge in [-0.3, -0.25) is 4.99 Å². The molecule has 0 aliphatic rings. The van der Waals surface area contributed by atoms with E-state index in [0.717, 1.165) is 11.3 Å². The van der Waals surface area contributed by atoms with Gasteiger partial charge in [-0.1, -0.05) is 47.5 Å². The molecule has 27 heavy (non-hydrogen) atoms. The van der Waals surface area contributed by atoms with Crippen LogP contribution in [0.1, 0.15) is 11.1 Å². The van der Waals surface area contributed by atoms with Gasteiger partial charge in [0.05, 0.1) is 10.7 Å². The van der Waals surface area contributed by atoms with Crippen molar-refractivity contribution in [2.75, 3.05) is 0 Å². The summed E-state index contributed by atoms with van der Waals surface area (Å²) in [6.45, 7) is 1.88. The number of hydrogen-bond donors (Lipinski definition) is 0. The lowest BCUT2D eigenvalue weighted by atomic mass is 10.2. The minimum absolute atomic E-state index is 0.0524. The van der Waals surface area contributed by atoms with Gasteiger partial charge in [-0.2, -0.15) is 8.42 Å². The summed E-state index contributed by atoms with van der Waals surface area (Å²) >= 11 is 12.3. The lowest BCUT2D eigenvalue weighted by molar-refractivity contribution is 0.486. The molecule has 0 saturated carbocycles. The standard InChI is InChI=1S/C20H15Cl2NO3S/c1-14-17(21)8-5-9-19(14)23-13-15-10-11-20(18(22)12-15)26-27(24,25)16-6-3-2-4-7-16/h2-13H,1H3. The van der Waals surface area contributed by atoms with Crippen molar-refractivity contribution in [3.63, 3.8) is 0 Å². The summed E-state index contributed by atoms with van der Waals surface area (Å²) < 4.78 is 29.7. The molecule has 0 bridgehead atoms. The highest BCUT2D eigenvalue weighted by Gasteiger charge is 2.17. The highest BCUT2D eigenvalue weighted by Crippen LogP contribution is 2.29. The molecule has 3 aromatic carbocycles. The first-order valence-electron chi connectivity index (χ1n) is 7.95. The van der Waals surface area contributed by atoms with Gasteiger partial charge in [0.25, 0.3) is 0 Å². The fourth-order valence-electron chi connectivity index (χ4n) is 2.30. The van der Waals surface area contributed by atoms with E-state index in [1.807, 2.05) is 19.1 Å². The molecule has 0 heterocycles. The summed E-state index contributed by atoms with van der Waals surface area (Å²) in [4.78, 5) is 4.46. The van der Waals surface area contributed by atoms with Crippen molar-refractivity contribution in [1.29, 1.82) is 0 Å². The first-order valence-corrected chi connectivity index (χ1v) is 10.1. The molecule has 0 unspecified atom stereocenters. The molecule has 0 radical (unpaired) electrons. The van der Waals surface area contributed by atoms with Gasteiger partial charge in [0.15, 0.2) is 5.75 Å². The van der Waals surface area contributed by atoms with Gasteiger partial charge in [-0.05, 0) is 60.5 Å². The molecule has 3 rings (SSSR count). The average Bonchev–Trinajstić information content (AvgIpc) is 2.65. The zero-order valence-corrected chi connectivity index (χ0v) is 16.6. The summed E-state index contributed by atoms with van der Waals surface area (Å²) in [6.07, 6.45) is 1.63. The lowest BCUT2D eigenvalue weighted by Crippen LogP contribution is -2.09. The van der Waals surface area contributed by atoms with Gasteiger partial charge in [0.2, 0.25) is 0 Å². The Bertz CT molecular complexity index is 1100. The third kappa shape index (κ3) is 4.69. The van der Waals surface area contributed by atoms with Crippen LogP contribution in [0.3, 0.4) is 0 Å². The zero-order chi connectivity index (χ0) is 19.4. The molecule has 0 atom stereocenters. The predicted octanol–water partition coefficient (Wildman–Crippen LogP) is 5.82. The lowest BCUT2D eigenvalue weighted by Gasteiger charge is -2.09. The van der Waals surface area contributed by atoms with Gasteiger partial charge in [0.1, 0.15) is 4.90 Å². The van der Waals surface area contributed by atoms with Crippen LogP contribution in [-0.4, -0.2) is 14.6 Å². The quantitative estimate of drug-likeness (QED) is 0.386. The second-order valence-electron chi connectivity index (χ2n) is 5.68. The van der Waals surface area contributed by atoms with Crippen LogP contribution in [0.25, 0.3) is 0 Å². The normalized spacial score (nSPS) is 11.7. The van der Waals surface area contributed by atoms with E-state index in [9.17, 15) is 8.42 Å². The topological polar surface area (TPSA) is 55.7 Å². The molecular weight excluding hydrogens is 405 g/mol. The first-order chi connectivity index (χ1) is 12.9. The minimum Gasteiger partial charge on any atom is -0.377 e. The molecule has 0 spiro atoms. The van der Waals surface area contributed by atoms with E-state index in [2.05, 4.69) is 4.99 Å². The number of benzene rings is 3. The molecule has 0 N–H and O–H groups in total. The third-order valence-electron chi connectivity index (χ3n) is 3.78. The van der Waals surface area contributed by atoms with Crippen LogP contribution in [-0.2, 0) is 10.1 Å². The van der Waals surface area contributed by atoms with E-state index in [0.29, 0.717) is 10.6 Å². The maximum atomic E-state index is 12.3. The van der Waals surface area contributed by atoms with Crippen molar-refractivity contribution in [1.82, 2.24) is 0 Å². The Hall–Kier alpha value is -2.34. The van der Waals surface area contributed by atoms with Crippen molar-refractivity contribution in [3.8, 4) is 5.75 Å². The Morgan fingerprint density at radius 3 is 2.37 bits per heavy atom. The molecule has 3 aromatic rings. The molecule has 0 fully saturated rings. The van der Waals surface area contributed by atoms with Crippen molar-refractivity contribution in [3.05, 3.63) is 87.9 Å². The Morgan fingerprint density at radius 2 is 1.67 bits per heavy atom. The fraction of sp³-hybridized carbons (Fsp3) is 0.0500. The van der Waals surface area contributed by atoms with Gasteiger partial charge < -0.3 is 4.18 Å². The summed E-state index contributed by atoms with van der Waals surface area (Å²) in [6, 6.07) is 18.1. The number of hydrogen-bond acceptors (Lipinski definition) is 4. The molecule has 0 aliphatic carbocycles. The Labute approximate surface area is 168 Å². The Kier molecular flexibility index (Phi) is 5.85. The van der Waals surface area contributed by atoms with Crippen molar-refractivity contribution in [2.45, 2.75) is 11.8 Å². The summed E-state index contributed by atoms with van der Waals surface area (Å²) in [7, 11) is -3.95.